The zero-order valence-electron chi connectivity index (χ0n) is 10.0. The van der Waals surface area contributed by atoms with Gasteiger partial charge in [-0.15, -0.1) is 0 Å². The van der Waals surface area contributed by atoms with E-state index in [9.17, 15) is 14.0 Å². The van der Waals surface area contributed by atoms with Gasteiger partial charge in [0.25, 0.3) is 11.5 Å². The highest BCUT2D eigenvalue weighted by atomic mass is 19.1. The predicted octanol–water partition coefficient (Wildman–Crippen LogP) is 1.20. The molecule has 2 aromatic rings. The first kappa shape index (κ1) is 12.7. The number of rotatable bonds is 3. The van der Waals surface area contributed by atoms with E-state index in [-0.39, 0.29) is 22.6 Å². The van der Waals surface area contributed by atoms with Crippen molar-refractivity contribution >= 4 is 17.4 Å². The van der Waals surface area contributed by atoms with Crippen molar-refractivity contribution in [2.75, 3.05) is 17.7 Å². The summed E-state index contributed by atoms with van der Waals surface area (Å²) in [6, 6.07) is 6.75. The summed E-state index contributed by atoms with van der Waals surface area (Å²) in [6.07, 6.45) is 0. The molecule has 98 valence electrons. The van der Waals surface area contributed by atoms with Gasteiger partial charge < -0.3 is 10.6 Å². The lowest BCUT2D eigenvalue weighted by molar-refractivity contribution is 0.102. The van der Waals surface area contributed by atoms with Gasteiger partial charge in [-0.25, -0.2) is 9.49 Å². The number of H-pyrrole nitrogens is 1. The molecule has 0 saturated carbocycles. The van der Waals surface area contributed by atoms with Crippen LogP contribution in [0.2, 0.25) is 0 Å². The second-order valence-corrected chi connectivity index (χ2v) is 3.67. The largest absolute Gasteiger partial charge is 0.385 e. The molecule has 0 spiro atoms. The molecule has 7 heteroatoms. The molecule has 0 unspecified atom stereocenters. The van der Waals surface area contributed by atoms with Crippen LogP contribution in [0, 0.1) is 5.82 Å². The van der Waals surface area contributed by atoms with Gasteiger partial charge in [-0.3, -0.25) is 9.59 Å². The van der Waals surface area contributed by atoms with Crippen LogP contribution in [0.3, 0.4) is 0 Å². The first-order chi connectivity index (χ1) is 9.11. The van der Waals surface area contributed by atoms with Crippen molar-refractivity contribution < 1.29 is 9.18 Å². The number of halogens is 1. The Balaban J connectivity index is 2.27. The Labute approximate surface area is 107 Å². The lowest BCUT2D eigenvalue weighted by atomic mass is 10.1. The van der Waals surface area contributed by atoms with Crippen LogP contribution in [0.15, 0.2) is 35.1 Å². The number of carbonyl (C=O) groups is 1. The number of nitrogens with one attached hydrogen (secondary N) is 3. The average Bonchev–Trinajstić information content (AvgIpc) is 2.41. The molecule has 0 aliphatic rings. The summed E-state index contributed by atoms with van der Waals surface area (Å²) < 4.78 is 13.5. The van der Waals surface area contributed by atoms with Gasteiger partial charge in [0, 0.05) is 13.1 Å². The van der Waals surface area contributed by atoms with Crippen molar-refractivity contribution in [2.45, 2.75) is 0 Å². The van der Waals surface area contributed by atoms with Gasteiger partial charge in [-0.05, 0) is 18.2 Å². The molecule has 1 heterocycles. The van der Waals surface area contributed by atoms with Crippen LogP contribution in [0.5, 0.6) is 0 Å². The summed E-state index contributed by atoms with van der Waals surface area (Å²) >= 11 is 0. The smallest absolute Gasteiger partial charge is 0.264 e. The number of benzene rings is 1. The minimum absolute atomic E-state index is 0.101. The van der Waals surface area contributed by atoms with Gasteiger partial charge in [-0.1, -0.05) is 6.07 Å². The van der Waals surface area contributed by atoms with Crippen LogP contribution in [0.4, 0.5) is 15.9 Å². The SMILES string of the molecule is CNc1c(F)cccc1C(=O)Nc1ccc(=O)[nH]n1. The number of para-hydroxylation sites is 1. The topological polar surface area (TPSA) is 86.9 Å². The molecule has 1 amide bonds. The van der Waals surface area contributed by atoms with Crippen LogP contribution in [0.1, 0.15) is 10.4 Å². The molecule has 19 heavy (non-hydrogen) atoms. The van der Waals surface area contributed by atoms with E-state index in [2.05, 4.69) is 20.8 Å². The average molecular weight is 262 g/mol. The van der Waals surface area contributed by atoms with E-state index in [0.29, 0.717) is 0 Å². The standard InChI is InChI=1S/C12H11FN4O2/c1-14-11-7(3-2-4-8(11)13)12(19)15-9-5-6-10(18)17-16-9/h2-6,14H,1H3,(H,17,18)(H,15,16,19). The van der Waals surface area contributed by atoms with Crippen molar-refractivity contribution in [3.05, 3.63) is 52.1 Å². The van der Waals surface area contributed by atoms with Gasteiger partial charge >= 0.3 is 0 Å². The number of anilines is 2. The molecule has 3 N–H and O–H groups in total. The van der Waals surface area contributed by atoms with Gasteiger partial charge in [0.15, 0.2) is 5.82 Å². The zero-order chi connectivity index (χ0) is 13.8. The highest BCUT2D eigenvalue weighted by Gasteiger charge is 2.14. The molecule has 1 aromatic heterocycles. The summed E-state index contributed by atoms with van der Waals surface area (Å²) in [4.78, 5) is 22.8. The van der Waals surface area contributed by atoms with Gasteiger partial charge in [-0.2, -0.15) is 5.10 Å². The number of nitrogens with zero attached hydrogens (tertiary/aromatic N) is 1. The van der Waals surface area contributed by atoms with Crippen LogP contribution in [-0.2, 0) is 0 Å². The number of aromatic amines is 1. The highest BCUT2D eigenvalue weighted by Crippen LogP contribution is 2.19. The lowest BCUT2D eigenvalue weighted by Crippen LogP contribution is -2.17. The number of hydrogen-bond acceptors (Lipinski definition) is 4. The van der Waals surface area contributed by atoms with E-state index < -0.39 is 11.7 Å². The van der Waals surface area contributed by atoms with Crippen LogP contribution in [0.25, 0.3) is 0 Å². The summed E-state index contributed by atoms with van der Waals surface area (Å²) in [5, 5.41) is 10.9. The summed E-state index contributed by atoms with van der Waals surface area (Å²) in [5.41, 5.74) is -0.125. The molecule has 0 atom stereocenters. The molecule has 0 fully saturated rings. The van der Waals surface area contributed by atoms with Crippen LogP contribution >= 0.6 is 0 Å². The molecule has 0 radical (unpaired) electrons. The number of amides is 1. The third-order valence-corrected chi connectivity index (χ3v) is 2.43. The Morgan fingerprint density at radius 2 is 2.11 bits per heavy atom. The maximum Gasteiger partial charge on any atom is 0.264 e. The summed E-state index contributed by atoms with van der Waals surface area (Å²) in [5.74, 6) is -0.871. The van der Waals surface area contributed by atoms with E-state index in [1.54, 1.807) is 0 Å². The zero-order valence-corrected chi connectivity index (χ0v) is 10.0. The fourth-order valence-corrected chi connectivity index (χ4v) is 1.57. The molecule has 0 bridgehead atoms. The minimum Gasteiger partial charge on any atom is -0.385 e. The van der Waals surface area contributed by atoms with Crippen LogP contribution < -0.4 is 16.2 Å². The second kappa shape index (κ2) is 5.30. The van der Waals surface area contributed by atoms with Crippen molar-refractivity contribution in [3.63, 3.8) is 0 Å². The number of hydrogen-bond donors (Lipinski definition) is 3. The Morgan fingerprint density at radius 3 is 2.74 bits per heavy atom. The molecular formula is C12H11FN4O2. The van der Waals surface area contributed by atoms with Crippen molar-refractivity contribution in [1.29, 1.82) is 0 Å². The Hall–Kier alpha value is -2.70. The summed E-state index contributed by atoms with van der Waals surface area (Å²) in [6.45, 7) is 0. The third-order valence-electron chi connectivity index (χ3n) is 2.43. The predicted molar refractivity (Wildman–Crippen MR) is 68.8 cm³/mol. The van der Waals surface area contributed by atoms with Crippen LogP contribution in [-0.4, -0.2) is 23.2 Å². The first-order valence-electron chi connectivity index (χ1n) is 5.45. The van der Waals surface area contributed by atoms with E-state index in [1.807, 2.05) is 0 Å². The molecule has 6 nitrogen and oxygen atoms in total. The molecule has 2 rings (SSSR count). The highest BCUT2D eigenvalue weighted by molar-refractivity contribution is 6.07. The molecule has 0 aliphatic carbocycles. The molecule has 0 saturated heterocycles. The quantitative estimate of drug-likeness (QED) is 0.775. The van der Waals surface area contributed by atoms with Crippen molar-refractivity contribution in [3.8, 4) is 0 Å². The molecular weight excluding hydrogens is 251 g/mol. The normalized spacial score (nSPS) is 10.0. The third kappa shape index (κ3) is 2.76. The fraction of sp³-hybridized carbons (Fsp3) is 0.0833. The van der Waals surface area contributed by atoms with E-state index in [1.165, 1.54) is 37.4 Å². The maximum absolute atomic E-state index is 13.5. The summed E-state index contributed by atoms with van der Waals surface area (Å²) in [7, 11) is 1.52. The second-order valence-electron chi connectivity index (χ2n) is 3.67. The van der Waals surface area contributed by atoms with Crippen molar-refractivity contribution in [2.24, 2.45) is 0 Å². The lowest BCUT2D eigenvalue weighted by Gasteiger charge is -2.09. The van der Waals surface area contributed by atoms with E-state index in [0.717, 1.165) is 0 Å². The minimum atomic E-state index is -0.525. The monoisotopic (exact) mass is 262 g/mol. The fourth-order valence-electron chi connectivity index (χ4n) is 1.57. The molecule has 0 aliphatic heterocycles. The Kier molecular flexibility index (Phi) is 3.56. The van der Waals surface area contributed by atoms with E-state index >= 15 is 0 Å². The van der Waals surface area contributed by atoms with E-state index in [4.69, 9.17) is 0 Å². The molecule has 1 aromatic carbocycles. The van der Waals surface area contributed by atoms with Crippen molar-refractivity contribution in [1.82, 2.24) is 10.2 Å². The number of carbonyl (C=O) groups excluding carboxylic acids is 1. The Bertz CT molecular complexity index is 649. The van der Waals surface area contributed by atoms with Gasteiger partial charge in [0.05, 0.1) is 11.3 Å². The van der Waals surface area contributed by atoms with Gasteiger partial charge in [0.2, 0.25) is 0 Å². The Morgan fingerprint density at radius 1 is 1.32 bits per heavy atom. The maximum atomic E-state index is 13.5. The first-order valence-corrected chi connectivity index (χ1v) is 5.45. The number of aromatic nitrogens is 2. The van der Waals surface area contributed by atoms with Gasteiger partial charge in [0.1, 0.15) is 5.82 Å².